The first-order chi connectivity index (χ1) is 12.9. The van der Waals surface area contributed by atoms with Gasteiger partial charge in [-0.15, -0.1) is 0 Å². The van der Waals surface area contributed by atoms with Crippen LogP contribution < -0.4 is 4.72 Å². The summed E-state index contributed by atoms with van der Waals surface area (Å²) in [6.07, 6.45) is 6.68. The van der Waals surface area contributed by atoms with Gasteiger partial charge >= 0.3 is 0 Å². The van der Waals surface area contributed by atoms with E-state index < -0.39 is 15.8 Å². The van der Waals surface area contributed by atoms with E-state index in [-0.39, 0.29) is 17.5 Å². The van der Waals surface area contributed by atoms with Crippen LogP contribution in [0.5, 0.6) is 0 Å². The van der Waals surface area contributed by atoms with Crippen LogP contribution in [0.4, 0.5) is 4.39 Å². The zero-order chi connectivity index (χ0) is 19.4. The lowest BCUT2D eigenvalue weighted by molar-refractivity contribution is 0.199. The molecule has 0 saturated carbocycles. The lowest BCUT2D eigenvalue weighted by Gasteiger charge is -2.31. The molecular formula is C20H28FN3O2S. The fraction of sp³-hybridized carbons (Fsp3) is 0.500. The maximum Gasteiger partial charge on any atom is 0.240 e. The Morgan fingerprint density at radius 1 is 1.15 bits per heavy atom. The third kappa shape index (κ3) is 4.78. The molecule has 1 aliphatic rings. The van der Waals surface area contributed by atoms with E-state index in [9.17, 15) is 12.8 Å². The molecule has 27 heavy (non-hydrogen) atoms. The fourth-order valence-corrected chi connectivity index (χ4v) is 4.83. The molecule has 1 unspecified atom stereocenters. The summed E-state index contributed by atoms with van der Waals surface area (Å²) in [6, 6.07) is 7.89. The zero-order valence-corrected chi connectivity index (χ0v) is 16.8. The van der Waals surface area contributed by atoms with E-state index in [1.54, 1.807) is 6.92 Å². The Labute approximate surface area is 161 Å². The lowest BCUT2D eigenvalue weighted by atomic mass is 10.1. The second-order valence-corrected chi connectivity index (χ2v) is 9.04. The Bertz CT molecular complexity index is 871. The van der Waals surface area contributed by atoms with Gasteiger partial charge in [-0.2, -0.15) is 0 Å². The second kappa shape index (κ2) is 8.54. The van der Waals surface area contributed by atoms with Crippen LogP contribution in [-0.2, 0) is 17.1 Å². The smallest absolute Gasteiger partial charge is 0.240 e. The van der Waals surface area contributed by atoms with Gasteiger partial charge in [-0.1, -0.05) is 12.8 Å². The fourth-order valence-electron chi connectivity index (χ4n) is 3.70. The summed E-state index contributed by atoms with van der Waals surface area (Å²) in [5.41, 5.74) is 1.42. The molecule has 0 aliphatic carbocycles. The summed E-state index contributed by atoms with van der Waals surface area (Å²) in [5, 5.41) is 0. The van der Waals surface area contributed by atoms with Crippen LogP contribution in [0, 0.1) is 12.7 Å². The third-order valence-electron chi connectivity index (χ3n) is 5.31. The van der Waals surface area contributed by atoms with Crippen LogP contribution >= 0.6 is 0 Å². The number of likely N-dealkylation sites (tertiary alicyclic amines) is 1. The molecule has 0 radical (unpaired) electrons. The molecular weight excluding hydrogens is 365 g/mol. The lowest BCUT2D eigenvalue weighted by Crippen LogP contribution is -2.39. The topological polar surface area (TPSA) is 54.3 Å². The van der Waals surface area contributed by atoms with Gasteiger partial charge in [-0.05, 0) is 68.8 Å². The van der Waals surface area contributed by atoms with E-state index in [2.05, 4.69) is 9.62 Å². The molecule has 1 aliphatic heterocycles. The van der Waals surface area contributed by atoms with Crippen molar-refractivity contribution in [1.29, 1.82) is 0 Å². The van der Waals surface area contributed by atoms with Gasteiger partial charge in [0.2, 0.25) is 10.0 Å². The molecule has 2 aromatic rings. The largest absolute Gasteiger partial charge is 0.353 e. The van der Waals surface area contributed by atoms with Gasteiger partial charge in [0, 0.05) is 25.5 Å². The van der Waals surface area contributed by atoms with E-state index in [4.69, 9.17) is 0 Å². The average Bonchev–Trinajstić information content (AvgIpc) is 2.88. The first-order valence-corrected chi connectivity index (χ1v) is 11.0. The number of hydrogen-bond acceptors (Lipinski definition) is 3. The van der Waals surface area contributed by atoms with Gasteiger partial charge in [-0.25, -0.2) is 17.5 Å². The van der Waals surface area contributed by atoms with E-state index >= 15 is 0 Å². The predicted octanol–water partition coefficient (Wildman–Crippen LogP) is 3.37. The van der Waals surface area contributed by atoms with E-state index in [1.807, 2.05) is 29.9 Å². The summed E-state index contributed by atoms with van der Waals surface area (Å²) < 4.78 is 43.8. The van der Waals surface area contributed by atoms with Crippen molar-refractivity contribution in [3.05, 3.63) is 53.6 Å². The van der Waals surface area contributed by atoms with Crippen molar-refractivity contribution in [3.63, 3.8) is 0 Å². The van der Waals surface area contributed by atoms with Crippen LogP contribution in [0.1, 0.15) is 43.0 Å². The highest BCUT2D eigenvalue weighted by Crippen LogP contribution is 2.25. The number of aromatic nitrogens is 1. The Hall–Kier alpha value is -1.70. The Morgan fingerprint density at radius 2 is 1.85 bits per heavy atom. The van der Waals surface area contributed by atoms with Crippen molar-refractivity contribution in [3.8, 4) is 0 Å². The van der Waals surface area contributed by atoms with Crippen molar-refractivity contribution in [2.75, 3.05) is 19.6 Å². The predicted molar refractivity (Wildman–Crippen MR) is 105 cm³/mol. The number of hydrogen-bond donors (Lipinski definition) is 1. The first-order valence-electron chi connectivity index (χ1n) is 9.49. The standard InChI is InChI=1S/C20H28FN3O2S/c1-16-14-17(9-10-18(16)21)27(25,26)22-15-20(19-8-7-11-23(19)2)24-12-5-3-4-6-13-24/h7-11,14,20,22H,3-6,12-13,15H2,1-2H3. The highest BCUT2D eigenvalue weighted by Gasteiger charge is 2.26. The van der Waals surface area contributed by atoms with E-state index in [1.165, 1.54) is 31.0 Å². The molecule has 0 spiro atoms. The Kier molecular flexibility index (Phi) is 6.34. The molecule has 1 N–H and O–H groups in total. The average molecular weight is 394 g/mol. The molecule has 0 bridgehead atoms. The monoisotopic (exact) mass is 393 g/mol. The second-order valence-electron chi connectivity index (χ2n) is 7.27. The van der Waals surface area contributed by atoms with Gasteiger partial charge in [0.15, 0.2) is 0 Å². The summed E-state index contributed by atoms with van der Waals surface area (Å²) in [6.45, 7) is 3.79. The van der Waals surface area contributed by atoms with Gasteiger partial charge in [0.25, 0.3) is 0 Å². The van der Waals surface area contributed by atoms with Gasteiger partial charge in [0.05, 0.1) is 10.9 Å². The molecule has 148 valence electrons. The van der Waals surface area contributed by atoms with E-state index in [0.717, 1.165) is 31.6 Å². The molecule has 1 aromatic heterocycles. The third-order valence-corrected chi connectivity index (χ3v) is 6.73. The minimum Gasteiger partial charge on any atom is -0.353 e. The van der Waals surface area contributed by atoms with Crippen LogP contribution in [0.15, 0.2) is 41.4 Å². The molecule has 1 aromatic carbocycles. The molecule has 5 nitrogen and oxygen atoms in total. The number of rotatable bonds is 6. The number of nitrogens with one attached hydrogen (secondary N) is 1. The molecule has 0 amide bonds. The molecule has 1 atom stereocenters. The Balaban J connectivity index is 1.81. The van der Waals surface area contributed by atoms with Crippen molar-refractivity contribution in [2.45, 2.75) is 43.5 Å². The summed E-state index contributed by atoms with van der Waals surface area (Å²) in [5.74, 6) is -0.403. The number of sulfonamides is 1. The molecule has 2 heterocycles. The van der Waals surface area contributed by atoms with Crippen LogP contribution in [0.25, 0.3) is 0 Å². The number of nitrogens with zero attached hydrogens (tertiary/aromatic N) is 2. The van der Waals surface area contributed by atoms with Gasteiger partial charge < -0.3 is 4.57 Å². The molecule has 1 saturated heterocycles. The van der Waals surface area contributed by atoms with Crippen LogP contribution in [0.2, 0.25) is 0 Å². The van der Waals surface area contributed by atoms with Crippen LogP contribution in [0.3, 0.4) is 0 Å². The number of aryl methyl sites for hydroxylation is 2. The van der Waals surface area contributed by atoms with Crippen molar-refractivity contribution in [2.24, 2.45) is 7.05 Å². The summed E-state index contributed by atoms with van der Waals surface area (Å²) in [7, 11) is -1.71. The molecule has 7 heteroatoms. The Morgan fingerprint density at radius 3 is 2.44 bits per heavy atom. The highest BCUT2D eigenvalue weighted by molar-refractivity contribution is 7.89. The van der Waals surface area contributed by atoms with Crippen molar-refractivity contribution < 1.29 is 12.8 Å². The first kappa shape index (κ1) is 20.0. The maximum absolute atomic E-state index is 13.5. The number of benzene rings is 1. The number of halogens is 1. The van der Waals surface area contributed by atoms with Crippen LogP contribution in [-0.4, -0.2) is 37.5 Å². The van der Waals surface area contributed by atoms with Gasteiger partial charge in [-0.3, -0.25) is 4.90 Å². The van der Waals surface area contributed by atoms with Crippen molar-refractivity contribution in [1.82, 2.24) is 14.2 Å². The quantitative estimate of drug-likeness (QED) is 0.819. The zero-order valence-electron chi connectivity index (χ0n) is 16.0. The normalized spacial score (nSPS) is 17.6. The minimum absolute atomic E-state index is 0.0283. The molecule has 1 fully saturated rings. The van der Waals surface area contributed by atoms with Crippen molar-refractivity contribution >= 4 is 10.0 Å². The summed E-state index contributed by atoms with van der Waals surface area (Å²) >= 11 is 0. The minimum atomic E-state index is -3.70. The maximum atomic E-state index is 13.5. The van der Waals surface area contributed by atoms with Gasteiger partial charge in [0.1, 0.15) is 5.82 Å². The summed E-state index contributed by atoms with van der Waals surface area (Å²) in [4.78, 5) is 2.48. The SMILES string of the molecule is Cc1cc(S(=O)(=O)NCC(c2cccn2C)N2CCCCCC2)ccc1F. The van der Waals surface area contributed by atoms with E-state index in [0.29, 0.717) is 5.56 Å². The molecule has 3 rings (SSSR count). The highest BCUT2D eigenvalue weighted by atomic mass is 32.2.